The fourth-order valence-corrected chi connectivity index (χ4v) is 3.34. The Bertz CT molecular complexity index is 717. The first-order valence-electron chi connectivity index (χ1n) is 5.19. The first kappa shape index (κ1) is 13.8. The first-order valence-corrected chi connectivity index (χ1v) is 7.63. The molecular formula is C12H9BrO5S. The maximum absolute atomic E-state index is 12.1. The maximum atomic E-state index is 12.1. The highest BCUT2D eigenvalue weighted by atomic mass is 79.9. The molecule has 0 atom stereocenters. The van der Waals surface area contributed by atoms with Gasteiger partial charge < -0.3 is 9.52 Å². The molecule has 0 radical (unpaired) electrons. The van der Waals surface area contributed by atoms with Crippen molar-refractivity contribution in [3.63, 3.8) is 0 Å². The maximum Gasteiger partial charge on any atom is 0.371 e. The number of hydrogen-bond acceptors (Lipinski definition) is 4. The lowest BCUT2D eigenvalue weighted by atomic mass is 10.4. The summed E-state index contributed by atoms with van der Waals surface area (Å²) < 4.78 is 29.8. The van der Waals surface area contributed by atoms with Crippen molar-refractivity contribution in [3.8, 4) is 0 Å². The molecule has 0 aliphatic heterocycles. The zero-order valence-electron chi connectivity index (χ0n) is 9.54. The molecule has 1 aromatic heterocycles. The lowest BCUT2D eigenvalue weighted by molar-refractivity contribution is 0.0660. The van der Waals surface area contributed by atoms with Crippen LogP contribution in [0.25, 0.3) is 0 Å². The second-order valence-electron chi connectivity index (χ2n) is 3.79. The fraction of sp³-hybridized carbons (Fsp3) is 0.0833. The number of benzene rings is 1. The SMILES string of the molecule is O=C(O)c1ccc(CS(=O)(=O)c2cccc(Br)c2)o1. The molecule has 2 rings (SSSR count). The Morgan fingerprint density at radius 1 is 1.26 bits per heavy atom. The molecule has 2 aromatic rings. The molecule has 5 nitrogen and oxygen atoms in total. The Morgan fingerprint density at radius 2 is 2.00 bits per heavy atom. The Labute approximate surface area is 117 Å². The number of sulfone groups is 1. The average Bonchev–Trinajstić information content (AvgIpc) is 2.77. The van der Waals surface area contributed by atoms with Crippen LogP contribution in [0.5, 0.6) is 0 Å². The molecule has 1 aromatic carbocycles. The van der Waals surface area contributed by atoms with Crippen LogP contribution < -0.4 is 0 Å². The van der Waals surface area contributed by atoms with E-state index >= 15 is 0 Å². The predicted octanol–water partition coefficient (Wildman–Crippen LogP) is 2.71. The van der Waals surface area contributed by atoms with Gasteiger partial charge in [0.05, 0.1) is 4.90 Å². The van der Waals surface area contributed by atoms with Crippen LogP contribution in [0.1, 0.15) is 16.3 Å². The third-order valence-corrected chi connectivity index (χ3v) is 4.49. The van der Waals surface area contributed by atoms with E-state index in [0.717, 1.165) is 0 Å². The summed E-state index contributed by atoms with van der Waals surface area (Å²) in [7, 11) is -3.56. The summed E-state index contributed by atoms with van der Waals surface area (Å²) in [5, 5.41) is 8.70. The van der Waals surface area contributed by atoms with E-state index in [1.807, 2.05) is 0 Å². The largest absolute Gasteiger partial charge is 0.475 e. The second kappa shape index (κ2) is 5.18. The van der Waals surface area contributed by atoms with E-state index < -0.39 is 15.8 Å². The molecule has 0 spiro atoms. The van der Waals surface area contributed by atoms with Crippen molar-refractivity contribution in [2.45, 2.75) is 10.6 Å². The summed E-state index contributed by atoms with van der Waals surface area (Å²) in [5.41, 5.74) is 0. The molecule has 0 aliphatic carbocycles. The first-order chi connectivity index (χ1) is 8.88. The summed E-state index contributed by atoms with van der Waals surface area (Å²) in [5.74, 6) is -1.79. The lowest BCUT2D eigenvalue weighted by Crippen LogP contribution is -2.04. The van der Waals surface area contributed by atoms with E-state index in [4.69, 9.17) is 9.52 Å². The van der Waals surface area contributed by atoms with E-state index in [-0.39, 0.29) is 22.2 Å². The van der Waals surface area contributed by atoms with Crippen LogP contribution in [0.3, 0.4) is 0 Å². The van der Waals surface area contributed by atoms with Crippen molar-refractivity contribution < 1.29 is 22.7 Å². The van der Waals surface area contributed by atoms with Crippen molar-refractivity contribution in [2.24, 2.45) is 0 Å². The monoisotopic (exact) mass is 344 g/mol. The molecule has 0 saturated carbocycles. The molecule has 0 fully saturated rings. The Kier molecular flexibility index (Phi) is 3.77. The number of aromatic carboxylic acids is 1. The van der Waals surface area contributed by atoms with Crippen molar-refractivity contribution in [1.82, 2.24) is 0 Å². The Balaban J connectivity index is 2.28. The van der Waals surface area contributed by atoms with Crippen LogP contribution >= 0.6 is 15.9 Å². The van der Waals surface area contributed by atoms with E-state index in [2.05, 4.69) is 15.9 Å². The topological polar surface area (TPSA) is 84.6 Å². The summed E-state index contributed by atoms with van der Waals surface area (Å²) in [6, 6.07) is 8.86. The van der Waals surface area contributed by atoms with Gasteiger partial charge >= 0.3 is 5.97 Å². The van der Waals surface area contributed by atoms with Gasteiger partial charge in [0.1, 0.15) is 11.5 Å². The standard InChI is InChI=1S/C12H9BrO5S/c13-8-2-1-3-10(6-8)19(16,17)7-9-4-5-11(18-9)12(14)15/h1-6H,7H2,(H,14,15). The molecule has 0 unspecified atom stereocenters. The van der Waals surface area contributed by atoms with Gasteiger partial charge in [-0.2, -0.15) is 0 Å². The summed E-state index contributed by atoms with van der Waals surface area (Å²) in [6.07, 6.45) is 0. The van der Waals surface area contributed by atoms with Crippen LogP contribution in [-0.2, 0) is 15.6 Å². The van der Waals surface area contributed by atoms with Crippen molar-refractivity contribution in [1.29, 1.82) is 0 Å². The molecule has 7 heteroatoms. The Hall–Kier alpha value is -1.60. The summed E-state index contributed by atoms with van der Waals surface area (Å²) in [6.45, 7) is 0. The normalized spacial score (nSPS) is 11.4. The molecule has 1 heterocycles. The van der Waals surface area contributed by atoms with Gasteiger partial charge in [0.25, 0.3) is 0 Å². The fourth-order valence-electron chi connectivity index (χ4n) is 1.50. The summed E-state index contributed by atoms with van der Waals surface area (Å²) >= 11 is 3.20. The van der Waals surface area contributed by atoms with Crippen LogP contribution in [0, 0.1) is 0 Å². The van der Waals surface area contributed by atoms with E-state index in [1.165, 1.54) is 24.3 Å². The molecule has 0 saturated heterocycles. The van der Waals surface area contributed by atoms with Crippen LogP contribution in [0.4, 0.5) is 0 Å². The zero-order chi connectivity index (χ0) is 14.0. The molecule has 100 valence electrons. The van der Waals surface area contributed by atoms with E-state index in [9.17, 15) is 13.2 Å². The average molecular weight is 345 g/mol. The quantitative estimate of drug-likeness (QED) is 0.921. The van der Waals surface area contributed by atoms with E-state index in [1.54, 1.807) is 12.1 Å². The summed E-state index contributed by atoms with van der Waals surface area (Å²) in [4.78, 5) is 10.8. The number of carboxylic acid groups (broad SMARTS) is 1. The van der Waals surface area contributed by atoms with E-state index in [0.29, 0.717) is 4.47 Å². The highest BCUT2D eigenvalue weighted by molar-refractivity contribution is 9.10. The van der Waals surface area contributed by atoms with Crippen molar-refractivity contribution in [2.75, 3.05) is 0 Å². The van der Waals surface area contributed by atoms with Crippen molar-refractivity contribution >= 4 is 31.7 Å². The lowest BCUT2D eigenvalue weighted by Gasteiger charge is -2.02. The van der Waals surface area contributed by atoms with Gasteiger partial charge in [-0.05, 0) is 30.3 Å². The van der Waals surface area contributed by atoms with Crippen LogP contribution in [0.2, 0.25) is 0 Å². The molecule has 19 heavy (non-hydrogen) atoms. The minimum absolute atomic E-state index is 0.0948. The predicted molar refractivity (Wildman–Crippen MR) is 70.7 cm³/mol. The minimum atomic E-state index is -3.56. The molecular weight excluding hydrogens is 336 g/mol. The number of rotatable bonds is 4. The van der Waals surface area contributed by atoms with Gasteiger partial charge in [-0.15, -0.1) is 0 Å². The third kappa shape index (κ3) is 3.24. The van der Waals surface area contributed by atoms with Gasteiger partial charge in [-0.1, -0.05) is 22.0 Å². The molecule has 0 bridgehead atoms. The smallest absolute Gasteiger partial charge is 0.371 e. The Morgan fingerprint density at radius 3 is 2.58 bits per heavy atom. The van der Waals surface area contributed by atoms with Gasteiger partial charge in [-0.25, -0.2) is 13.2 Å². The van der Waals surface area contributed by atoms with Gasteiger partial charge in [-0.3, -0.25) is 0 Å². The molecule has 1 N–H and O–H groups in total. The third-order valence-electron chi connectivity index (χ3n) is 2.36. The van der Waals surface area contributed by atoms with Crippen LogP contribution in [0.15, 0.2) is 50.2 Å². The highest BCUT2D eigenvalue weighted by Gasteiger charge is 2.19. The molecule has 0 aliphatic rings. The highest BCUT2D eigenvalue weighted by Crippen LogP contribution is 2.21. The number of halogens is 1. The second-order valence-corrected chi connectivity index (χ2v) is 6.69. The van der Waals surface area contributed by atoms with Gasteiger partial charge in [0, 0.05) is 4.47 Å². The molecule has 0 amide bonds. The number of carbonyl (C=O) groups is 1. The van der Waals surface area contributed by atoms with Crippen LogP contribution in [-0.4, -0.2) is 19.5 Å². The number of furan rings is 1. The van der Waals surface area contributed by atoms with Crippen molar-refractivity contribution in [3.05, 3.63) is 52.4 Å². The van der Waals surface area contributed by atoms with Gasteiger partial charge in [0.2, 0.25) is 5.76 Å². The zero-order valence-corrected chi connectivity index (χ0v) is 11.9. The number of hydrogen-bond donors (Lipinski definition) is 1. The number of carboxylic acids is 1. The minimum Gasteiger partial charge on any atom is -0.475 e. The van der Waals surface area contributed by atoms with Gasteiger partial charge in [0.15, 0.2) is 9.84 Å².